The Balaban J connectivity index is 1.53. The minimum Gasteiger partial charge on any atom is -0.496 e. The molecule has 1 aromatic carbocycles. The molecular weight excluding hydrogens is 432 g/mol. The van der Waals surface area contributed by atoms with Crippen molar-refractivity contribution in [2.24, 2.45) is 10.8 Å². The molecule has 0 saturated carbocycles. The van der Waals surface area contributed by atoms with E-state index in [1.165, 1.54) is 12.8 Å². The van der Waals surface area contributed by atoms with Gasteiger partial charge in [0.15, 0.2) is 0 Å². The summed E-state index contributed by atoms with van der Waals surface area (Å²) in [5.74, 6) is 0.771. The molecule has 3 aliphatic rings. The van der Waals surface area contributed by atoms with Crippen molar-refractivity contribution in [3.05, 3.63) is 29.3 Å². The summed E-state index contributed by atoms with van der Waals surface area (Å²) >= 11 is 0. The molecule has 2 bridgehead atoms. The highest BCUT2D eigenvalue weighted by atomic mass is 16.5. The molecule has 186 valence electrons. The van der Waals surface area contributed by atoms with Gasteiger partial charge in [-0.05, 0) is 50.6 Å². The number of nitrogens with zero attached hydrogens (tertiary/aromatic N) is 3. The first-order valence-corrected chi connectivity index (χ1v) is 12.3. The van der Waals surface area contributed by atoms with Crippen molar-refractivity contribution >= 4 is 17.6 Å². The van der Waals surface area contributed by atoms with E-state index in [1.54, 1.807) is 12.0 Å². The van der Waals surface area contributed by atoms with Gasteiger partial charge in [0, 0.05) is 43.7 Å². The van der Waals surface area contributed by atoms with Gasteiger partial charge >= 0.3 is 0 Å². The number of carbonyl (C=O) groups is 3. The fourth-order valence-electron chi connectivity index (χ4n) is 5.73. The number of nitrogens with one attached hydrogen (secondary N) is 1. The molecule has 3 heterocycles. The summed E-state index contributed by atoms with van der Waals surface area (Å²) in [6, 6.07) is 6.12. The molecule has 0 aromatic heterocycles. The monoisotopic (exact) mass is 470 g/mol. The molecule has 1 aromatic rings. The third kappa shape index (κ3) is 5.28. The van der Waals surface area contributed by atoms with Crippen LogP contribution in [-0.2, 0) is 27.5 Å². The normalized spacial score (nSPS) is 26.5. The van der Waals surface area contributed by atoms with Crippen molar-refractivity contribution in [3.8, 4) is 5.75 Å². The molecule has 1 atom stereocenters. The Kier molecular flexibility index (Phi) is 7.01. The maximum atomic E-state index is 13.3. The van der Waals surface area contributed by atoms with Gasteiger partial charge in [0.25, 0.3) is 0 Å². The molecular formula is C26H38N4O4. The number of ketones is 1. The fraction of sp³-hybridized carbons (Fsp3) is 0.654. The number of hydrogen-bond acceptors (Lipinski definition) is 6. The molecule has 1 N–H and O–H groups in total. The number of fused-ring (bicyclic) bond motifs is 2. The number of Topliss-reactive ketones (excluding diaryl/α,β-unsaturated/α-hetero) is 1. The molecule has 34 heavy (non-hydrogen) atoms. The van der Waals surface area contributed by atoms with Gasteiger partial charge in [-0.15, -0.1) is 0 Å². The second-order valence-electron chi connectivity index (χ2n) is 11.1. The van der Waals surface area contributed by atoms with Gasteiger partial charge in [0.1, 0.15) is 11.5 Å². The van der Waals surface area contributed by atoms with Crippen LogP contribution in [0.2, 0.25) is 0 Å². The van der Waals surface area contributed by atoms with E-state index in [-0.39, 0.29) is 37.2 Å². The maximum Gasteiger partial charge on any atom is 0.236 e. The standard InChI is InChI=1S/C26H38N4O4/c1-25(2)17-30-18-26(3,24(25)33)16-27-22(31)14-29(15-23(30)32)12-19-7-8-21(34-4)20(11-19)13-28-9-5-6-10-28/h7-8,11H,5-6,9-10,12-18H2,1-4H3,(H,27,31). The molecule has 3 saturated heterocycles. The van der Waals surface area contributed by atoms with Crippen LogP contribution in [0.3, 0.4) is 0 Å². The largest absolute Gasteiger partial charge is 0.496 e. The summed E-state index contributed by atoms with van der Waals surface area (Å²) in [4.78, 5) is 45.2. The van der Waals surface area contributed by atoms with Gasteiger partial charge in [-0.2, -0.15) is 0 Å². The highest BCUT2D eigenvalue weighted by molar-refractivity contribution is 5.94. The number of piperidine rings is 1. The van der Waals surface area contributed by atoms with Gasteiger partial charge < -0.3 is 15.0 Å². The first-order valence-electron chi connectivity index (χ1n) is 12.3. The van der Waals surface area contributed by atoms with E-state index in [2.05, 4.69) is 16.3 Å². The second kappa shape index (κ2) is 9.66. The fourth-order valence-corrected chi connectivity index (χ4v) is 5.73. The lowest BCUT2D eigenvalue weighted by molar-refractivity contribution is -0.153. The quantitative estimate of drug-likeness (QED) is 0.705. The molecule has 0 aliphatic carbocycles. The number of hydrogen-bond donors (Lipinski definition) is 1. The zero-order valence-corrected chi connectivity index (χ0v) is 21.0. The third-order valence-corrected chi connectivity index (χ3v) is 7.39. The number of likely N-dealkylation sites (tertiary alicyclic amines) is 1. The predicted octanol–water partition coefficient (Wildman–Crippen LogP) is 1.67. The molecule has 3 fully saturated rings. The molecule has 1 unspecified atom stereocenters. The van der Waals surface area contributed by atoms with Gasteiger partial charge in [0.2, 0.25) is 11.8 Å². The summed E-state index contributed by atoms with van der Waals surface area (Å²) in [6.07, 6.45) is 2.45. The second-order valence-corrected chi connectivity index (χ2v) is 11.1. The van der Waals surface area contributed by atoms with Crippen LogP contribution in [0.15, 0.2) is 18.2 Å². The summed E-state index contributed by atoms with van der Waals surface area (Å²) in [6.45, 7) is 10.4. The highest BCUT2D eigenvalue weighted by Gasteiger charge is 2.50. The van der Waals surface area contributed by atoms with E-state index in [1.807, 2.05) is 37.8 Å². The van der Waals surface area contributed by atoms with Crippen LogP contribution < -0.4 is 10.1 Å². The summed E-state index contributed by atoms with van der Waals surface area (Å²) < 4.78 is 5.59. The Bertz CT molecular complexity index is 956. The highest BCUT2D eigenvalue weighted by Crippen LogP contribution is 2.36. The maximum absolute atomic E-state index is 13.3. The number of carbonyl (C=O) groups excluding carboxylic acids is 3. The van der Waals surface area contributed by atoms with E-state index in [9.17, 15) is 14.4 Å². The third-order valence-electron chi connectivity index (χ3n) is 7.39. The van der Waals surface area contributed by atoms with Crippen molar-refractivity contribution in [3.63, 3.8) is 0 Å². The van der Waals surface area contributed by atoms with Crippen molar-refractivity contribution in [2.45, 2.75) is 46.7 Å². The SMILES string of the molecule is COc1ccc(CN2CC(=O)NCC3(C)CN(CC(C)(C)C3=O)C(=O)C2)cc1CN1CCCC1. The summed E-state index contributed by atoms with van der Waals surface area (Å²) in [5, 5.41) is 2.96. The van der Waals surface area contributed by atoms with Crippen LogP contribution in [0.1, 0.15) is 44.7 Å². The van der Waals surface area contributed by atoms with E-state index in [0.717, 1.165) is 36.5 Å². The minimum absolute atomic E-state index is 0.0349. The minimum atomic E-state index is -0.768. The van der Waals surface area contributed by atoms with Crippen molar-refractivity contribution in [1.82, 2.24) is 20.0 Å². The molecule has 0 spiro atoms. The molecule has 8 nitrogen and oxygen atoms in total. The van der Waals surface area contributed by atoms with Gasteiger partial charge in [0.05, 0.1) is 25.6 Å². The first-order chi connectivity index (χ1) is 16.1. The number of rotatable bonds is 5. The Morgan fingerprint density at radius 1 is 0.971 bits per heavy atom. The van der Waals surface area contributed by atoms with Crippen LogP contribution in [0, 0.1) is 10.8 Å². The van der Waals surface area contributed by atoms with E-state index < -0.39 is 10.8 Å². The molecule has 3 aliphatic heterocycles. The number of methoxy groups -OCH3 is 1. The van der Waals surface area contributed by atoms with Crippen molar-refractivity contribution < 1.29 is 19.1 Å². The van der Waals surface area contributed by atoms with Crippen LogP contribution >= 0.6 is 0 Å². The molecule has 8 heteroatoms. The van der Waals surface area contributed by atoms with Crippen molar-refractivity contribution in [1.29, 1.82) is 0 Å². The van der Waals surface area contributed by atoms with Crippen LogP contribution in [0.25, 0.3) is 0 Å². The average molecular weight is 471 g/mol. The smallest absolute Gasteiger partial charge is 0.236 e. The van der Waals surface area contributed by atoms with Gasteiger partial charge in [-0.25, -0.2) is 0 Å². The van der Waals surface area contributed by atoms with Gasteiger partial charge in [-0.1, -0.05) is 19.9 Å². The lowest BCUT2D eigenvalue weighted by atomic mass is 9.68. The summed E-state index contributed by atoms with van der Waals surface area (Å²) in [5.41, 5.74) is 0.769. The molecule has 2 amide bonds. The Morgan fingerprint density at radius 3 is 2.41 bits per heavy atom. The molecule has 4 rings (SSSR count). The van der Waals surface area contributed by atoms with Crippen molar-refractivity contribution in [2.75, 3.05) is 52.9 Å². The lowest BCUT2D eigenvalue weighted by Gasteiger charge is -2.47. The Labute approximate surface area is 202 Å². The first kappa shape index (κ1) is 24.7. The van der Waals surface area contributed by atoms with Gasteiger partial charge in [-0.3, -0.25) is 24.2 Å². The number of ether oxygens (including phenoxy) is 1. The Hall–Kier alpha value is -2.45. The van der Waals surface area contributed by atoms with Crippen LogP contribution in [0.5, 0.6) is 5.75 Å². The Morgan fingerprint density at radius 2 is 1.71 bits per heavy atom. The zero-order valence-electron chi connectivity index (χ0n) is 21.0. The average Bonchev–Trinajstić information content (AvgIpc) is 3.28. The predicted molar refractivity (Wildman–Crippen MR) is 129 cm³/mol. The number of benzene rings is 1. The van der Waals surface area contributed by atoms with E-state index >= 15 is 0 Å². The zero-order chi connectivity index (χ0) is 24.5. The lowest BCUT2D eigenvalue weighted by Crippen LogP contribution is -2.63. The number of amides is 2. The van der Waals surface area contributed by atoms with Crippen LogP contribution in [-0.4, -0.2) is 85.2 Å². The van der Waals surface area contributed by atoms with E-state index in [4.69, 9.17) is 4.74 Å². The summed E-state index contributed by atoms with van der Waals surface area (Å²) in [7, 11) is 1.69. The topological polar surface area (TPSA) is 82.2 Å². The molecule has 0 radical (unpaired) electrons. The van der Waals surface area contributed by atoms with E-state index in [0.29, 0.717) is 19.6 Å². The van der Waals surface area contributed by atoms with Crippen LogP contribution in [0.4, 0.5) is 0 Å².